The van der Waals surface area contributed by atoms with Crippen LogP contribution in [0.15, 0.2) is 30.3 Å². The first-order chi connectivity index (χ1) is 15.5. The molecule has 1 atom stereocenters. The van der Waals surface area contributed by atoms with Crippen molar-refractivity contribution in [2.24, 2.45) is 0 Å². The molecule has 0 spiro atoms. The Labute approximate surface area is 188 Å². The van der Waals surface area contributed by atoms with Crippen molar-refractivity contribution in [2.75, 3.05) is 0 Å². The highest BCUT2D eigenvalue weighted by Gasteiger charge is 2.40. The van der Waals surface area contributed by atoms with Crippen LogP contribution in [0.25, 0.3) is 11.3 Å². The molecule has 0 amide bonds. The second-order valence-electron chi connectivity index (χ2n) is 7.55. The van der Waals surface area contributed by atoms with E-state index in [1.54, 1.807) is 0 Å². The highest BCUT2D eigenvalue weighted by atomic mass is 35.5. The minimum Gasteiger partial charge on any atom is -0.478 e. The van der Waals surface area contributed by atoms with Crippen LogP contribution >= 0.6 is 11.6 Å². The Balaban J connectivity index is 1.88. The number of H-pyrrole nitrogens is 1. The molecule has 5 nitrogen and oxygen atoms in total. The summed E-state index contributed by atoms with van der Waals surface area (Å²) in [7, 11) is 0. The molecule has 1 aliphatic carbocycles. The predicted octanol–water partition coefficient (Wildman–Crippen LogP) is 6.03. The zero-order valence-corrected chi connectivity index (χ0v) is 17.3. The minimum absolute atomic E-state index is 0.0696. The molecule has 0 fully saturated rings. The second kappa shape index (κ2) is 8.26. The molecule has 4 rings (SSSR count). The van der Waals surface area contributed by atoms with Gasteiger partial charge >= 0.3 is 12.1 Å². The normalized spacial score (nSPS) is 15.9. The van der Waals surface area contributed by atoms with E-state index in [-0.39, 0.29) is 17.7 Å². The summed E-state index contributed by atoms with van der Waals surface area (Å²) in [6.45, 7) is 0. The number of carboxylic acid groups (broad SMARTS) is 1. The van der Waals surface area contributed by atoms with Gasteiger partial charge in [-0.05, 0) is 43.5 Å². The maximum Gasteiger partial charge on any atom is 0.417 e. The Hall–Kier alpha value is -3.27. The van der Waals surface area contributed by atoms with Crippen LogP contribution in [0.3, 0.4) is 0 Å². The SMILES string of the molecule is O=C(O)c1cc(F)c(-c2n[nH]c3c2C(C(=O)c2c(Cl)cccc2C(F)(F)F)CCC3)c(F)c1. The maximum absolute atomic E-state index is 14.7. The number of nitrogens with zero attached hydrogens (tertiary/aromatic N) is 1. The van der Waals surface area contributed by atoms with Gasteiger partial charge in [0.1, 0.15) is 17.3 Å². The topological polar surface area (TPSA) is 83.0 Å². The average molecular weight is 485 g/mol. The lowest BCUT2D eigenvalue weighted by atomic mass is 9.78. The molecule has 3 aromatic rings. The molecule has 11 heteroatoms. The van der Waals surface area contributed by atoms with E-state index >= 15 is 0 Å². The van der Waals surface area contributed by atoms with Crippen molar-refractivity contribution >= 4 is 23.4 Å². The van der Waals surface area contributed by atoms with Gasteiger partial charge in [-0.3, -0.25) is 9.89 Å². The third-order valence-corrected chi connectivity index (χ3v) is 5.87. The third-order valence-electron chi connectivity index (χ3n) is 5.56. The first-order valence-electron chi connectivity index (χ1n) is 9.70. The Kier molecular flexibility index (Phi) is 5.73. The van der Waals surface area contributed by atoms with Gasteiger partial charge in [-0.25, -0.2) is 13.6 Å². The van der Waals surface area contributed by atoms with Crippen molar-refractivity contribution in [1.82, 2.24) is 10.2 Å². The number of hydrogen-bond acceptors (Lipinski definition) is 3. The predicted molar refractivity (Wildman–Crippen MR) is 107 cm³/mol. The number of alkyl halides is 3. The van der Waals surface area contributed by atoms with Gasteiger partial charge in [0, 0.05) is 16.8 Å². The Morgan fingerprint density at radius 3 is 2.42 bits per heavy atom. The smallest absolute Gasteiger partial charge is 0.417 e. The van der Waals surface area contributed by atoms with Gasteiger partial charge in [-0.1, -0.05) is 17.7 Å². The number of benzene rings is 2. The fourth-order valence-electron chi connectivity index (χ4n) is 4.14. The zero-order valence-electron chi connectivity index (χ0n) is 16.6. The number of carbonyl (C=O) groups excluding carboxylic acids is 1. The van der Waals surface area contributed by atoms with Gasteiger partial charge in [-0.15, -0.1) is 0 Å². The van der Waals surface area contributed by atoms with E-state index in [0.29, 0.717) is 30.7 Å². The average Bonchev–Trinajstić information content (AvgIpc) is 3.16. The summed E-state index contributed by atoms with van der Waals surface area (Å²) in [6.07, 6.45) is -3.97. The molecule has 1 heterocycles. The number of aryl methyl sites for hydroxylation is 1. The summed E-state index contributed by atoms with van der Waals surface area (Å²) in [6, 6.07) is 4.19. The van der Waals surface area contributed by atoms with Crippen LogP contribution < -0.4 is 0 Å². The van der Waals surface area contributed by atoms with E-state index in [1.807, 2.05) is 0 Å². The number of carboxylic acids is 1. The fourth-order valence-corrected chi connectivity index (χ4v) is 4.41. The number of aromatic nitrogens is 2. The summed E-state index contributed by atoms with van der Waals surface area (Å²) in [5.41, 5.74) is -3.10. The van der Waals surface area contributed by atoms with Gasteiger partial charge in [0.05, 0.1) is 27.6 Å². The van der Waals surface area contributed by atoms with Crippen molar-refractivity contribution in [1.29, 1.82) is 0 Å². The van der Waals surface area contributed by atoms with E-state index in [9.17, 15) is 31.5 Å². The lowest BCUT2D eigenvalue weighted by Crippen LogP contribution is -2.22. The molecule has 1 unspecified atom stereocenters. The van der Waals surface area contributed by atoms with Gasteiger partial charge in [0.2, 0.25) is 0 Å². The van der Waals surface area contributed by atoms with Crippen LogP contribution in [0.4, 0.5) is 22.0 Å². The molecule has 0 aliphatic heterocycles. The van der Waals surface area contributed by atoms with Crippen LogP contribution in [0.1, 0.15) is 56.3 Å². The van der Waals surface area contributed by atoms with E-state index in [0.717, 1.165) is 18.2 Å². The van der Waals surface area contributed by atoms with Crippen molar-refractivity contribution in [3.63, 3.8) is 0 Å². The first-order valence-corrected chi connectivity index (χ1v) is 10.1. The molecule has 2 N–H and O–H groups in total. The molecule has 0 bridgehead atoms. The van der Waals surface area contributed by atoms with Gasteiger partial charge < -0.3 is 5.11 Å². The first kappa shape index (κ1) is 22.9. The van der Waals surface area contributed by atoms with E-state index in [4.69, 9.17) is 16.7 Å². The van der Waals surface area contributed by atoms with E-state index < -0.39 is 62.8 Å². The summed E-state index contributed by atoms with van der Waals surface area (Å²) in [5.74, 6) is -6.14. The quantitative estimate of drug-likeness (QED) is 0.350. The maximum atomic E-state index is 14.7. The molecule has 172 valence electrons. The van der Waals surface area contributed by atoms with Crippen LogP contribution in [-0.2, 0) is 12.6 Å². The minimum atomic E-state index is -4.85. The van der Waals surface area contributed by atoms with Crippen molar-refractivity contribution < 1.29 is 36.6 Å². The molecular formula is C22H14ClF5N2O3. The van der Waals surface area contributed by atoms with Crippen molar-refractivity contribution in [3.05, 3.63) is 74.9 Å². The number of halogens is 6. The fraction of sp³-hybridized carbons (Fsp3) is 0.227. The number of ketones is 1. The molecular weight excluding hydrogens is 471 g/mol. The standard InChI is InChI=1S/C22H14ClF5N2O3/c23-12-5-2-4-11(22(26,27)28)17(12)20(31)10-3-1-6-15-16(10)19(30-29-15)18-13(24)7-9(21(32)33)8-14(18)25/h2,4-5,7-8,10H,1,3,6H2,(H,29,30)(H,32,33). The van der Waals surface area contributed by atoms with Gasteiger partial charge in [0.15, 0.2) is 5.78 Å². The number of Topliss-reactive ketones (excluding diaryl/α,β-unsaturated/α-hetero) is 1. The summed E-state index contributed by atoms with van der Waals surface area (Å²) < 4.78 is 70.2. The molecule has 0 saturated heterocycles. The Morgan fingerprint density at radius 2 is 1.82 bits per heavy atom. The van der Waals surface area contributed by atoms with Crippen LogP contribution in [0, 0.1) is 11.6 Å². The largest absolute Gasteiger partial charge is 0.478 e. The Bertz CT molecular complexity index is 1260. The molecule has 1 aliphatic rings. The van der Waals surface area contributed by atoms with Crippen molar-refractivity contribution in [3.8, 4) is 11.3 Å². The van der Waals surface area contributed by atoms with Crippen molar-refractivity contribution in [2.45, 2.75) is 31.4 Å². The summed E-state index contributed by atoms with van der Waals surface area (Å²) in [5, 5.41) is 15.1. The van der Waals surface area contributed by atoms with Crippen LogP contribution in [-0.4, -0.2) is 27.1 Å². The monoisotopic (exact) mass is 484 g/mol. The zero-order chi connectivity index (χ0) is 24.1. The number of aromatic carboxylic acids is 1. The third kappa shape index (κ3) is 3.99. The van der Waals surface area contributed by atoms with Gasteiger partial charge in [-0.2, -0.15) is 18.3 Å². The summed E-state index contributed by atoms with van der Waals surface area (Å²) >= 11 is 5.98. The second-order valence-corrected chi connectivity index (χ2v) is 7.96. The number of nitrogens with one attached hydrogen (secondary N) is 1. The highest BCUT2D eigenvalue weighted by molar-refractivity contribution is 6.34. The number of aromatic amines is 1. The van der Waals surface area contributed by atoms with Crippen LogP contribution in [0.2, 0.25) is 5.02 Å². The number of carbonyl (C=O) groups is 2. The van der Waals surface area contributed by atoms with Crippen LogP contribution in [0.5, 0.6) is 0 Å². The summed E-state index contributed by atoms with van der Waals surface area (Å²) in [4.78, 5) is 24.4. The molecule has 0 saturated carbocycles. The lowest BCUT2D eigenvalue weighted by Gasteiger charge is -2.24. The number of fused-ring (bicyclic) bond motifs is 1. The van der Waals surface area contributed by atoms with Gasteiger partial charge in [0.25, 0.3) is 0 Å². The van der Waals surface area contributed by atoms with E-state index in [2.05, 4.69) is 10.2 Å². The van der Waals surface area contributed by atoms with E-state index in [1.165, 1.54) is 0 Å². The molecule has 1 aromatic heterocycles. The highest BCUT2D eigenvalue weighted by Crippen LogP contribution is 2.44. The molecule has 33 heavy (non-hydrogen) atoms. The Morgan fingerprint density at radius 1 is 1.15 bits per heavy atom. The number of hydrogen-bond donors (Lipinski definition) is 2. The molecule has 2 aromatic carbocycles. The lowest BCUT2D eigenvalue weighted by molar-refractivity contribution is -0.137. The molecule has 0 radical (unpaired) electrons. The number of rotatable bonds is 4.